The van der Waals surface area contributed by atoms with E-state index in [1.165, 1.54) is 19.4 Å². The first-order valence-corrected chi connectivity index (χ1v) is 7.30. The van der Waals surface area contributed by atoms with Crippen molar-refractivity contribution in [1.82, 2.24) is 0 Å². The number of ether oxygens (including phenoxy) is 2. The third-order valence-corrected chi connectivity index (χ3v) is 4.37. The standard InChI is InChI=1S/C18H18O4/c1-11(19)21-13-5-4-8-18(3)16(9-13)15-7-6-14(10-17(15)18)22-12(2)20/h4-8,10,16H,9H2,1-3H3/t16?,18-/m1/s1. The van der Waals surface area contributed by atoms with Crippen LogP contribution in [0.5, 0.6) is 5.75 Å². The highest BCUT2D eigenvalue weighted by Crippen LogP contribution is 2.56. The molecule has 0 fully saturated rings. The molecule has 1 unspecified atom stereocenters. The second-order valence-corrected chi connectivity index (χ2v) is 5.97. The van der Waals surface area contributed by atoms with Crippen LogP contribution in [0.15, 0.2) is 42.2 Å². The number of esters is 2. The van der Waals surface area contributed by atoms with Crippen LogP contribution in [0.2, 0.25) is 0 Å². The van der Waals surface area contributed by atoms with Gasteiger partial charge >= 0.3 is 11.9 Å². The summed E-state index contributed by atoms with van der Waals surface area (Å²) in [6, 6.07) is 5.72. The maximum atomic E-state index is 11.2. The van der Waals surface area contributed by atoms with E-state index in [0.29, 0.717) is 17.9 Å². The molecule has 0 N–H and O–H groups in total. The topological polar surface area (TPSA) is 52.6 Å². The lowest BCUT2D eigenvalue weighted by atomic mass is 9.56. The third-order valence-electron chi connectivity index (χ3n) is 4.37. The minimum absolute atomic E-state index is 0.135. The predicted octanol–water partition coefficient (Wildman–Crippen LogP) is 3.37. The van der Waals surface area contributed by atoms with Crippen molar-refractivity contribution in [3.05, 3.63) is 53.3 Å². The summed E-state index contributed by atoms with van der Waals surface area (Å²) in [7, 11) is 0. The number of hydrogen-bond donors (Lipinski definition) is 0. The highest BCUT2D eigenvalue weighted by Gasteiger charge is 2.47. The number of carbonyl (C=O) groups excluding carboxylic acids is 2. The Bertz CT molecular complexity index is 714. The summed E-state index contributed by atoms with van der Waals surface area (Å²) < 4.78 is 10.4. The fourth-order valence-corrected chi connectivity index (χ4v) is 3.38. The number of rotatable bonds is 2. The molecule has 22 heavy (non-hydrogen) atoms. The van der Waals surface area contributed by atoms with Crippen molar-refractivity contribution < 1.29 is 19.1 Å². The Morgan fingerprint density at radius 2 is 1.91 bits per heavy atom. The Hall–Kier alpha value is -2.36. The molecule has 3 rings (SSSR count). The highest BCUT2D eigenvalue weighted by atomic mass is 16.5. The first kappa shape index (κ1) is 14.6. The largest absolute Gasteiger partial charge is 0.431 e. The van der Waals surface area contributed by atoms with E-state index in [4.69, 9.17) is 9.47 Å². The second kappa shape index (κ2) is 5.13. The van der Waals surface area contributed by atoms with E-state index in [0.717, 1.165) is 5.56 Å². The van der Waals surface area contributed by atoms with Crippen molar-refractivity contribution in [2.45, 2.75) is 38.5 Å². The van der Waals surface area contributed by atoms with Gasteiger partial charge < -0.3 is 9.47 Å². The molecule has 2 atom stereocenters. The molecule has 0 bridgehead atoms. The smallest absolute Gasteiger partial charge is 0.308 e. The van der Waals surface area contributed by atoms with Gasteiger partial charge in [-0.15, -0.1) is 0 Å². The van der Waals surface area contributed by atoms with Crippen molar-refractivity contribution in [2.75, 3.05) is 0 Å². The molecule has 1 aromatic carbocycles. The van der Waals surface area contributed by atoms with Crippen LogP contribution in [0.1, 0.15) is 44.2 Å². The molecule has 4 nitrogen and oxygen atoms in total. The molecule has 0 saturated carbocycles. The third kappa shape index (κ3) is 2.34. The Morgan fingerprint density at radius 1 is 1.18 bits per heavy atom. The van der Waals surface area contributed by atoms with Gasteiger partial charge in [0, 0.05) is 31.6 Å². The van der Waals surface area contributed by atoms with E-state index in [2.05, 4.69) is 13.0 Å². The van der Waals surface area contributed by atoms with Crippen LogP contribution >= 0.6 is 0 Å². The molecule has 0 saturated heterocycles. The Balaban J connectivity index is 1.91. The molecule has 114 valence electrons. The lowest BCUT2D eigenvalue weighted by Crippen LogP contribution is -2.39. The molecule has 2 aliphatic rings. The van der Waals surface area contributed by atoms with E-state index in [1.807, 2.05) is 30.4 Å². The van der Waals surface area contributed by atoms with E-state index >= 15 is 0 Å². The quantitative estimate of drug-likeness (QED) is 0.620. The van der Waals surface area contributed by atoms with Crippen molar-refractivity contribution in [1.29, 1.82) is 0 Å². The fraction of sp³-hybridized carbons (Fsp3) is 0.333. The number of fused-ring (bicyclic) bond motifs is 4. The molecule has 0 radical (unpaired) electrons. The molecule has 0 amide bonds. The Kier molecular flexibility index (Phi) is 3.39. The average molecular weight is 298 g/mol. The monoisotopic (exact) mass is 298 g/mol. The van der Waals surface area contributed by atoms with Crippen LogP contribution < -0.4 is 4.74 Å². The van der Waals surface area contributed by atoms with Crippen LogP contribution in [0, 0.1) is 0 Å². The van der Waals surface area contributed by atoms with E-state index in [9.17, 15) is 9.59 Å². The van der Waals surface area contributed by atoms with Crippen molar-refractivity contribution in [3.8, 4) is 5.75 Å². The summed E-state index contributed by atoms with van der Waals surface area (Å²) in [5.41, 5.74) is 2.23. The van der Waals surface area contributed by atoms with E-state index in [-0.39, 0.29) is 23.3 Å². The number of allylic oxidation sites excluding steroid dienone is 4. The van der Waals surface area contributed by atoms with Gasteiger partial charge in [0.15, 0.2) is 0 Å². The summed E-state index contributed by atoms with van der Waals surface area (Å²) in [6.45, 7) is 4.96. The van der Waals surface area contributed by atoms with Crippen LogP contribution in [-0.4, -0.2) is 11.9 Å². The van der Waals surface area contributed by atoms with Gasteiger partial charge in [0.2, 0.25) is 0 Å². The maximum absolute atomic E-state index is 11.2. The zero-order valence-corrected chi connectivity index (χ0v) is 12.9. The van der Waals surface area contributed by atoms with Crippen molar-refractivity contribution in [2.24, 2.45) is 0 Å². The van der Waals surface area contributed by atoms with Gasteiger partial charge in [-0.25, -0.2) is 0 Å². The molecule has 1 aromatic rings. The average Bonchev–Trinajstić information content (AvgIpc) is 2.55. The van der Waals surface area contributed by atoms with Crippen molar-refractivity contribution in [3.63, 3.8) is 0 Å². The van der Waals surface area contributed by atoms with E-state index < -0.39 is 0 Å². The van der Waals surface area contributed by atoms with E-state index in [1.54, 1.807) is 0 Å². The Labute approximate surface area is 129 Å². The molecule has 0 spiro atoms. The molecule has 4 heteroatoms. The van der Waals surface area contributed by atoms with Gasteiger partial charge in [-0.05, 0) is 29.3 Å². The molecular formula is C18H18O4. The minimum Gasteiger partial charge on any atom is -0.431 e. The summed E-state index contributed by atoms with van der Waals surface area (Å²) in [5, 5.41) is 0. The lowest BCUT2D eigenvalue weighted by Gasteiger charge is -2.47. The Morgan fingerprint density at radius 3 is 2.59 bits per heavy atom. The van der Waals surface area contributed by atoms with Crippen LogP contribution in [0.4, 0.5) is 0 Å². The summed E-state index contributed by atoms with van der Waals surface area (Å²) >= 11 is 0. The SMILES string of the molecule is CC(=O)OC1=CC=C[C@@]2(C)c3cc(OC(C)=O)ccc3C2C1. The van der Waals surface area contributed by atoms with Gasteiger partial charge in [-0.2, -0.15) is 0 Å². The van der Waals surface area contributed by atoms with Crippen LogP contribution in [-0.2, 0) is 19.7 Å². The highest BCUT2D eigenvalue weighted by molar-refractivity contribution is 5.70. The molecule has 0 aliphatic heterocycles. The van der Waals surface area contributed by atoms with Crippen LogP contribution in [0.3, 0.4) is 0 Å². The fourth-order valence-electron chi connectivity index (χ4n) is 3.38. The number of hydrogen-bond acceptors (Lipinski definition) is 4. The van der Waals surface area contributed by atoms with Gasteiger partial charge in [-0.3, -0.25) is 9.59 Å². The van der Waals surface area contributed by atoms with Gasteiger partial charge in [-0.1, -0.05) is 25.1 Å². The zero-order valence-electron chi connectivity index (χ0n) is 12.9. The molecule has 0 aromatic heterocycles. The second-order valence-electron chi connectivity index (χ2n) is 5.97. The first-order chi connectivity index (χ1) is 10.4. The maximum Gasteiger partial charge on any atom is 0.308 e. The van der Waals surface area contributed by atoms with Crippen molar-refractivity contribution >= 4 is 11.9 Å². The zero-order chi connectivity index (χ0) is 15.9. The molecule has 2 aliphatic carbocycles. The summed E-state index contributed by atoms with van der Waals surface area (Å²) in [4.78, 5) is 22.3. The van der Waals surface area contributed by atoms with Gasteiger partial charge in [0.25, 0.3) is 0 Å². The first-order valence-electron chi connectivity index (χ1n) is 7.30. The van der Waals surface area contributed by atoms with Gasteiger partial charge in [0.1, 0.15) is 11.5 Å². The van der Waals surface area contributed by atoms with Gasteiger partial charge in [0.05, 0.1) is 0 Å². The summed E-state index contributed by atoms with van der Waals surface area (Å²) in [5.74, 6) is 0.895. The van der Waals surface area contributed by atoms with Crippen LogP contribution in [0.25, 0.3) is 0 Å². The molecular weight excluding hydrogens is 280 g/mol. The lowest BCUT2D eigenvalue weighted by molar-refractivity contribution is -0.137. The summed E-state index contributed by atoms with van der Waals surface area (Å²) in [6.07, 6.45) is 6.58. The normalized spacial score (nSPS) is 25.0. The predicted molar refractivity (Wildman–Crippen MR) is 81.5 cm³/mol. The molecule has 0 heterocycles. The number of carbonyl (C=O) groups is 2. The minimum atomic E-state index is -0.323. The number of benzene rings is 1.